The molecule has 0 amide bonds. The van der Waals surface area contributed by atoms with E-state index in [1.165, 1.54) is 54.6 Å². The van der Waals surface area contributed by atoms with Gasteiger partial charge in [-0.15, -0.1) is 0 Å². The highest BCUT2D eigenvalue weighted by Crippen LogP contribution is 2.34. The molecular weight excluding hydrogens is 909 g/mol. The number of nitrogens with two attached hydrogens (primary N) is 1. The highest BCUT2D eigenvalue weighted by Gasteiger charge is 2.09. The van der Waals surface area contributed by atoms with E-state index in [1.807, 2.05) is 60.7 Å². The van der Waals surface area contributed by atoms with Crippen molar-refractivity contribution in [3.8, 4) is 22.3 Å². The van der Waals surface area contributed by atoms with Crippen LogP contribution in [0.25, 0.3) is 93.8 Å². The van der Waals surface area contributed by atoms with E-state index in [-0.39, 0.29) is 27.7 Å². The molecule has 2 heterocycles. The van der Waals surface area contributed by atoms with Crippen LogP contribution in [0.2, 0.25) is 5.02 Å². The van der Waals surface area contributed by atoms with Crippen LogP contribution in [0.3, 0.4) is 0 Å². The van der Waals surface area contributed by atoms with Crippen molar-refractivity contribution in [1.82, 2.24) is 6.15 Å². The Morgan fingerprint density at radius 1 is 0.385 bits per heavy atom. The number of benzene rings is 10. The van der Waals surface area contributed by atoms with Gasteiger partial charge in [-0.05, 0) is 111 Å². The molecule has 0 fully saturated rings. The van der Waals surface area contributed by atoms with Crippen molar-refractivity contribution in [2.45, 2.75) is 0 Å². The van der Waals surface area contributed by atoms with E-state index in [9.17, 15) is 0 Å². The average molecular weight is 956 g/mol. The highest BCUT2D eigenvalue weighted by molar-refractivity contribution is 9.10. The molecular formula is C56H47BrClN3O3P-. The summed E-state index contributed by atoms with van der Waals surface area (Å²) < 4.78 is 12.8. The Morgan fingerprint density at radius 3 is 1.32 bits per heavy atom. The summed E-state index contributed by atoms with van der Waals surface area (Å²) in [5, 5.41) is 14.0. The van der Waals surface area contributed by atoms with Crippen molar-refractivity contribution in [2.24, 2.45) is 0 Å². The zero-order valence-electron chi connectivity index (χ0n) is 35.3. The van der Waals surface area contributed by atoms with E-state index in [0.29, 0.717) is 0 Å². The van der Waals surface area contributed by atoms with Gasteiger partial charge in [0.25, 0.3) is 0 Å². The average Bonchev–Trinajstić information content (AvgIpc) is 3.87. The number of hydrogen-bond acceptors (Lipinski definition) is 4. The summed E-state index contributed by atoms with van der Waals surface area (Å²) in [5.41, 5.74) is 10.7. The van der Waals surface area contributed by atoms with Crippen LogP contribution in [0, 0.1) is 0 Å². The van der Waals surface area contributed by atoms with E-state index in [2.05, 4.69) is 179 Å². The Morgan fingerprint density at radius 2 is 0.785 bits per heavy atom. The van der Waals surface area contributed by atoms with E-state index < -0.39 is 0 Å². The van der Waals surface area contributed by atoms with Crippen molar-refractivity contribution < 1.29 is 14.3 Å². The summed E-state index contributed by atoms with van der Waals surface area (Å²) in [6.07, 6.45) is 0. The number of fused-ring (bicyclic) bond motifs is 8. The van der Waals surface area contributed by atoms with Crippen molar-refractivity contribution in [3.63, 3.8) is 0 Å². The fraction of sp³-hybridized carbons (Fsp3) is 0. The minimum atomic E-state index is 0. The van der Waals surface area contributed by atoms with Crippen molar-refractivity contribution in [2.75, 3.05) is 5.32 Å². The monoisotopic (exact) mass is 954 g/mol. The van der Waals surface area contributed by atoms with Crippen LogP contribution in [0.4, 0.5) is 11.4 Å². The van der Waals surface area contributed by atoms with Gasteiger partial charge >= 0.3 is 0 Å². The molecule has 6 nitrogen and oxygen atoms in total. The molecule has 0 radical (unpaired) electrons. The molecule has 324 valence electrons. The molecule has 12 rings (SSSR count). The standard InChI is InChI=1S/C28H19NO.C16H11Cl.C12H7BrO.H3N.H2N.H2O.H3P/c1-2-8-23-19(6-1)7-5-10-24(23)20-12-14-21(15-13-20)29-22-16-17-26-25-9-3-4-11-27(25)30-28(26)18-22;17-14-10-8-13(9-11-14)16-7-3-5-12-4-1-2-6-15(12)16;13-8-5-6-10-9-3-1-2-4-11(9)14-12(10)7-8;;;;/h1-18,29H;1-11H;1-7H;1H3;2*1H2;1H3/q;;;;-1;;. The molecule has 1 unspecified atom stereocenters. The van der Waals surface area contributed by atoms with Gasteiger partial charge in [0, 0.05) is 48.5 Å². The molecule has 8 N–H and O–H groups in total. The lowest BCUT2D eigenvalue weighted by atomic mass is 9.98. The molecule has 1 atom stereocenters. The molecule has 0 saturated heterocycles. The number of hydrogen-bond donors (Lipinski definition) is 2. The Hall–Kier alpha value is -6.80. The fourth-order valence-corrected chi connectivity index (χ4v) is 8.45. The molecule has 0 aliphatic rings. The maximum absolute atomic E-state index is 6.01. The van der Waals surface area contributed by atoms with Gasteiger partial charge in [-0.1, -0.05) is 173 Å². The zero-order chi connectivity index (χ0) is 41.1. The number of rotatable bonds is 4. The molecule has 9 heteroatoms. The van der Waals surface area contributed by atoms with Crippen LogP contribution in [0.5, 0.6) is 0 Å². The molecule has 12 aromatic rings. The van der Waals surface area contributed by atoms with Crippen LogP contribution < -0.4 is 11.5 Å². The normalized spacial score (nSPS) is 10.4. The number of nitrogens with one attached hydrogen (secondary N) is 1. The second kappa shape index (κ2) is 21.3. The van der Waals surface area contributed by atoms with Crippen LogP contribution in [-0.2, 0) is 0 Å². The van der Waals surface area contributed by atoms with E-state index in [4.69, 9.17) is 20.4 Å². The predicted molar refractivity (Wildman–Crippen MR) is 287 cm³/mol. The Bertz CT molecular complexity index is 3490. The van der Waals surface area contributed by atoms with Gasteiger partial charge in [-0.25, -0.2) is 0 Å². The van der Waals surface area contributed by atoms with Crippen LogP contribution >= 0.6 is 37.4 Å². The minimum Gasteiger partial charge on any atom is -0.693 e. The van der Waals surface area contributed by atoms with Gasteiger partial charge in [0.15, 0.2) is 0 Å². The molecule has 65 heavy (non-hydrogen) atoms. The molecule has 0 spiro atoms. The lowest BCUT2D eigenvalue weighted by Crippen LogP contribution is -1.90. The molecule has 0 bridgehead atoms. The lowest BCUT2D eigenvalue weighted by molar-refractivity contribution is 0.668. The number of para-hydroxylation sites is 2. The first-order valence-corrected chi connectivity index (χ1v) is 21.3. The second-order valence-corrected chi connectivity index (χ2v) is 16.2. The van der Waals surface area contributed by atoms with Crippen LogP contribution in [0.1, 0.15) is 0 Å². The van der Waals surface area contributed by atoms with Gasteiger partial charge < -0.3 is 31.9 Å². The first kappa shape index (κ1) is 47.7. The maximum atomic E-state index is 6.01. The smallest absolute Gasteiger partial charge is 0.137 e. The third kappa shape index (κ3) is 10.1. The summed E-state index contributed by atoms with van der Waals surface area (Å²) in [7, 11) is 0. The summed E-state index contributed by atoms with van der Waals surface area (Å²) in [6, 6.07) is 74.9. The SMILES string of the molecule is Brc1ccc2c(c1)oc1ccccc12.Clc1ccc(-c2cccc3ccccc23)cc1.N.O.P.[NH2-].c1ccc2c(-c3ccc(Nc4ccc5c(c4)oc4ccccc45)cc3)cccc2c1. The first-order valence-electron chi connectivity index (χ1n) is 20.1. The molecule has 2 aromatic heterocycles. The molecule has 10 aromatic carbocycles. The zero-order valence-corrected chi connectivity index (χ0v) is 39.1. The second-order valence-electron chi connectivity index (χ2n) is 14.8. The van der Waals surface area contributed by atoms with E-state index in [1.54, 1.807) is 0 Å². The number of furan rings is 2. The maximum Gasteiger partial charge on any atom is 0.137 e. The summed E-state index contributed by atoms with van der Waals surface area (Å²) in [6.45, 7) is 0. The molecule has 0 saturated carbocycles. The van der Waals surface area contributed by atoms with Crippen molar-refractivity contribution in [1.29, 1.82) is 0 Å². The van der Waals surface area contributed by atoms with Gasteiger partial charge in [-0.2, -0.15) is 9.90 Å². The van der Waals surface area contributed by atoms with Gasteiger partial charge in [0.1, 0.15) is 22.3 Å². The van der Waals surface area contributed by atoms with Crippen molar-refractivity contribution >= 4 is 114 Å². The summed E-state index contributed by atoms with van der Waals surface area (Å²) in [5.74, 6) is 0. The third-order valence-corrected chi connectivity index (χ3v) is 11.7. The highest BCUT2D eigenvalue weighted by atomic mass is 79.9. The van der Waals surface area contributed by atoms with Crippen LogP contribution in [-0.4, -0.2) is 5.48 Å². The quantitative estimate of drug-likeness (QED) is 0.170. The lowest BCUT2D eigenvalue weighted by Gasteiger charge is -2.10. The Balaban J connectivity index is 0.000000171. The first-order chi connectivity index (χ1) is 30.0. The van der Waals surface area contributed by atoms with Crippen LogP contribution in [0.15, 0.2) is 232 Å². The Kier molecular flexibility index (Phi) is 15.6. The van der Waals surface area contributed by atoms with E-state index in [0.717, 1.165) is 54.0 Å². The van der Waals surface area contributed by atoms with Gasteiger partial charge in [0.2, 0.25) is 0 Å². The fourth-order valence-electron chi connectivity index (χ4n) is 7.99. The largest absolute Gasteiger partial charge is 0.693 e. The molecule has 0 aliphatic heterocycles. The minimum absolute atomic E-state index is 0. The topological polar surface area (TPSA) is 138 Å². The number of halogens is 2. The number of anilines is 2. The summed E-state index contributed by atoms with van der Waals surface area (Å²) in [4.78, 5) is 0. The van der Waals surface area contributed by atoms with E-state index >= 15 is 0 Å². The Labute approximate surface area is 394 Å². The summed E-state index contributed by atoms with van der Waals surface area (Å²) >= 11 is 9.35. The van der Waals surface area contributed by atoms with Gasteiger partial charge in [-0.3, -0.25) is 0 Å². The van der Waals surface area contributed by atoms with Gasteiger partial charge in [0.05, 0.1) is 0 Å². The van der Waals surface area contributed by atoms with Crippen molar-refractivity contribution in [3.05, 3.63) is 234 Å². The third-order valence-electron chi connectivity index (χ3n) is 10.9. The molecule has 0 aliphatic carbocycles. The predicted octanol–water partition coefficient (Wildman–Crippen LogP) is 17.8.